The summed E-state index contributed by atoms with van der Waals surface area (Å²) in [7, 11) is 0. The van der Waals surface area contributed by atoms with Crippen LogP contribution in [0.25, 0.3) is 10.9 Å². The molecule has 0 saturated heterocycles. The number of fused-ring (bicyclic) bond motifs is 3. The van der Waals surface area contributed by atoms with Crippen molar-refractivity contribution in [3.05, 3.63) is 64.8 Å². The number of hydrogen-bond acceptors (Lipinski definition) is 6. The first kappa shape index (κ1) is 19.4. The lowest BCUT2D eigenvalue weighted by atomic mass is 10.0. The number of ether oxygens (including phenoxy) is 3. The summed E-state index contributed by atoms with van der Waals surface area (Å²) in [5.41, 5.74) is 4.07. The number of hydrogen-bond donors (Lipinski definition) is 1. The molecule has 2 aromatic carbocycles. The van der Waals surface area contributed by atoms with Crippen molar-refractivity contribution >= 4 is 22.8 Å². The van der Waals surface area contributed by atoms with Gasteiger partial charge in [-0.1, -0.05) is 24.3 Å². The number of nitrogens with zero attached hydrogens (tertiary/aromatic N) is 1. The largest absolute Gasteiger partial charge is 0.454 e. The minimum Gasteiger partial charge on any atom is -0.454 e. The Kier molecular flexibility index (Phi) is 4.94. The molecule has 7 nitrogen and oxygen atoms in total. The van der Waals surface area contributed by atoms with Gasteiger partial charge in [0.2, 0.25) is 6.79 Å². The molecule has 7 heteroatoms. The highest BCUT2D eigenvalue weighted by Gasteiger charge is 2.27. The van der Waals surface area contributed by atoms with Gasteiger partial charge in [-0.25, -0.2) is 4.79 Å². The number of esters is 1. The summed E-state index contributed by atoms with van der Waals surface area (Å²) < 4.78 is 16.2. The van der Waals surface area contributed by atoms with Gasteiger partial charge >= 0.3 is 5.97 Å². The van der Waals surface area contributed by atoms with Crippen molar-refractivity contribution in [2.24, 2.45) is 0 Å². The van der Waals surface area contributed by atoms with E-state index in [1.54, 1.807) is 6.92 Å². The number of para-hydroxylation sites is 1. The number of nitrogens with one attached hydrogen (secondary N) is 1. The van der Waals surface area contributed by atoms with Gasteiger partial charge in [0, 0.05) is 17.6 Å². The molecule has 2 heterocycles. The van der Waals surface area contributed by atoms with Gasteiger partial charge in [0.1, 0.15) is 0 Å². The zero-order valence-electron chi connectivity index (χ0n) is 17.1. The first-order chi connectivity index (χ1) is 15.1. The molecule has 1 aromatic heterocycles. The van der Waals surface area contributed by atoms with Crippen molar-refractivity contribution in [3.8, 4) is 11.5 Å². The van der Waals surface area contributed by atoms with Gasteiger partial charge in [-0.3, -0.25) is 9.78 Å². The van der Waals surface area contributed by atoms with Crippen molar-refractivity contribution < 1.29 is 23.8 Å². The number of benzene rings is 2. The summed E-state index contributed by atoms with van der Waals surface area (Å²) in [6, 6.07) is 13.0. The number of pyridine rings is 1. The van der Waals surface area contributed by atoms with Gasteiger partial charge < -0.3 is 19.5 Å². The molecule has 1 amide bonds. The van der Waals surface area contributed by atoms with Crippen molar-refractivity contribution in [3.63, 3.8) is 0 Å². The molecule has 1 aliphatic heterocycles. The number of carbonyl (C=O) groups excluding carboxylic acids is 2. The zero-order valence-corrected chi connectivity index (χ0v) is 17.1. The number of aromatic nitrogens is 1. The van der Waals surface area contributed by atoms with E-state index in [1.165, 1.54) is 0 Å². The van der Waals surface area contributed by atoms with Crippen LogP contribution in [0.4, 0.5) is 0 Å². The smallest absolute Gasteiger partial charge is 0.339 e. The molecule has 31 heavy (non-hydrogen) atoms. The standard InChI is InChI=1S/C24H22N2O5/c1-14(23(27)25-12-15-9-10-20-21(11-15)30-13-29-20)31-24(28)22-16-5-2-3-7-18(16)26-19-8-4-6-17(19)22/h2-3,5,7,9-11,14H,4,6,8,12-13H2,1H3,(H,25,27)/t14-/m1/s1. The molecule has 1 N–H and O–H groups in total. The predicted molar refractivity (Wildman–Crippen MR) is 113 cm³/mol. The number of carbonyl (C=O) groups is 2. The minimum atomic E-state index is -0.925. The Bertz CT molecular complexity index is 1190. The van der Waals surface area contributed by atoms with E-state index >= 15 is 0 Å². The Morgan fingerprint density at radius 2 is 1.97 bits per heavy atom. The van der Waals surface area contributed by atoms with Crippen LogP contribution in [0.3, 0.4) is 0 Å². The molecule has 0 saturated carbocycles. The third-order valence-corrected chi connectivity index (χ3v) is 5.68. The maximum atomic E-state index is 13.1. The molecule has 0 unspecified atom stereocenters. The maximum absolute atomic E-state index is 13.1. The van der Waals surface area contributed by atoms with Gasteiger partial charge in [0.15, 0.2) is 17.6 Å². The molecule has 158 valence electrons. The van der Waals surface area contributed by atoms with E-state index in [0.29, 0.717) is 23.6 Å². The van der Waals surface area contributed by atoms with E-state index in [2.05, 4.69) is 5.32 Å². The van der Waals surface area contributed by atoms with Crippen molar-refractivity contribution in [2.75, 3.05) is 6.79 Å². The first-order valence-electron chi connectivity index (χ1n) is 10.4. The predicted octanol–water partition coefficient (Wildman–Crippen LogP) is 3.31. The Balaban J connectivity index is 1.29. The average molecular weight is 418 g/mol. The molecule has 5 rings (SSSR count). The molecular weight excluding hydrogens is 396 g/mol. The van der Waals surface area contributed by atoms with E-state index in [-0.39, 0.29) is 12.7 Å². The lowest BCUT2D eigenvalue weighted by molar-refractivity contribution is -0.129. The minimum absolute atomic E-state index is 0.200. The van der Waals surface area contributed by atoms with Gasteiger partial charge in [0.05, 0.1) is 11.1 Å². The van der Waals surface area contributed by atoms with Crippen LogP contribution in [-0.2, 0) is 28.9 Å². The van der Waals surface area contributed by atoms with Crippen LogP contribution in [0.1, 0.15) is 40.5 Å². The van der Waals surface area contributed by atoms with Crippen molar-refractivity contribution in [1.29, 1.82) is 0 Å². The van der Waals surface area contributed by atoms with Crippen LogP contribution in [0.15, 0.2) is 42.5 Å². The number of aryl methyl sites for hydroxylation is 1. The molecule has 2 aliphatic rings. The first-order valence-corrected chi connectivity index (χ1v) is 10.4. The van der Waals surface area contributed by atoms with Gasteiger partial charge in [-0.15, -0.1) is 0 Å². The van der Waals surface area contributed by atoms with Crippen LogP contribution in [0.5, 0.6) is 11.5 Å². The van der Waals surface area contributed by atoms with Crippen LogP contribution < -0.4 is 14.8 Å². The third-order valence-electron chi connectivity index (χ3n) is 5.68. The Hall–Kier alpha value is -3.61. The van der Waals surface area contributed by atoms with E-state index < -0.39 is 12.1 Å². The third kappa shape index (κ3) is 3.67. The second-order valence-corrected chi connectivity index (χ2v) is 7.74. The summed E-state index contributed by atoms with van der Waals surface area (Å²) in [6.07, 6.45) is 1.68. The van der Waals surface area contributed by atoms with E-state index in [9.17, 15) is 9.59 Å². The van der Waals surface area contributed by atoms with Crippen molar-refractivity contribution in [2.45, 2.75) is 38.8 Å². The second-order valence-electron chi connectivity index (χ2n) is 7.74. The summed E-state index contributed by atoms with van der Waals surface area (Å²) in [5.74, 6) is 0.502. The van der Waals surface area contributed by atoms with E-state index in [0.717, 1.165) is 47.0 Å². The molecular formula is C24H22N2O5. The van der Waals surface area contributed by atoms with Gasteiger partial charge in [-0.2, -0.15) is 0 Å². The Labute approximate surface area is 179 Å². The summed E-state index contributed by atoms with van der Waals surface area (Å²) in [6.45, 7) is 2.08. The van der Waals surface area contributed by atoms with Gasteiger partial charge in [0.25, 0.3) is 5.91 Å². The molecule has 0 fully saturated rings. The fourth-order valence-electron chi connectivity index (χ4n) is 4.10. The Morgan fingerprint density at radius 1 is 1.13 bits per heavy atom. The van der Waals surface area contributed by atoms with E-state index in [1.807, 2.05) is 42.5 Å². The number of amides is 1. The lowest BCUT2D eigenvalue weighted by Gasteiger charge is -2.16. The Morgan fingerprint density at radius 3 is 2.87 bits per heavy atom. The molecule has 0 spiro atoms. The molecule has 0 radical (unpaired) electrons. The quantitative estimate of drug-likeness (QED) is 0.640. The molecule has 1 aliphatic carbocycles. The fraction of sp³-hybridized carbons (Fsp3) is 0.292. The molecule has 0 bridgehead atoms. The van der Waals surface area contributed by atoms with Crippen LogP contribution >= 0.6 is 0 Å². The van der Waals surface area contributed by atoms with Crippen LogP contribution in [0.2, 0.25) is 0 Å². The van der Waals surface area contributed by atoms with Crippen LogP contribution in [-0.4, -0.2) is 29.8 Å². The monoisotopic (exact) mass is 418 g/mol. The SMILES string of the molecule is C[C@@H](OC(=O)c1c2c(nc3ccccc13)CCC2)C(=O)NCc1ccc2c(c1)OCO2. The molecule has 1 atom stereocenters. The summed E-state index contributed by atoms with van der Waals surface area (Å²) in [4.78, 5) is 30.3. The molecule has 3 aromatic rings. The summed E-state index contributed by atoms with van der Waals surface area (Å²) >= 11 is 0. The van der Waals surface area contributed by atoms with Gasteiger partial charge in [-0.05, 0) is 55.5 Å². The normalized spacial score (nSPS) is 14.9. The second kappa shape index (κ2) is 7.91. The van der Waals surface area contributed by atoms with Crippen LogP contribution in [0, 0.1) is 0 Å². The maximum Gasteiger partial charge on any atom is 0.339 e. The average Bonchev–Trinajstić information content (AvgIpc) is 3.44. The highest BCUT2D eigenvalue weighted by atomic mass is 16.7. The summed E-state index contributed by atoms with van der Waals surface area (Å²) in [5, 5.41) is 3.58. The lowest BCUT2D eigenvalue weighted by Crippen LogP contribution is -2.35. The van der Waals surface area contributed by atoms with E-state index in [4.69, 9.17) is 19.2 Å². The fourth-order valence-corrected chi connectivity index (χ4v) is 4.10. The highest BCUT2D eigenvalue weighted by Crippen LogP contribution is 2.33. The van der Waals surface area contributed by atoms with Crippen molar-refractivity contribution in [1.82, 2.24) is 10.3 Å². The zero-order chi connectivity index (χ0) is 21.4. The topological polar surface area (TPSA) is 86.8 Å². The highest BCUT2D eigenvalue weighted by molar-refractivity contribution is 6.06. The number of rotatable bonds is 5.